The van der Waals surface area contributed by atoms with Crippen LogP contribution in [0.1, 0.15) is 0 Å². The van der Waals surface area contributed by atoms with E-state index in [0.29, 0.717) is 16.7 Å². The van der Waals surface area contributed by atoms with Crippen molar-refractivity contribution in [3.05, 3.63) is 66.6 Å². The Balaban J connectivity index is 2.21. The molecule has 0 amide bonds. The number of amidine groups is 1. The number of halogens is 1. The number of nitrogens with one attached hydrogen (secondary N) is 1. The summed E-state index contributed by atoms with van der Waals surface area (Å²) in [5.74, 6) is 1.05. The zero-order valence-corrected chi connectivity index (χ0v) is 11.5. The smallest absolute Gasteiger partial charge is 0.171 e. The molecular weight excluding hydrogens is 274 g/mol. The molecule has 0 spiro atoms. The van der Waals surface area contributed by atoms with E-state index < -0.39 is 0 Å². The van der Waals surface area contributed by atoms with Crippen molar-refractivity contribution in [2.45, 2.75) is 0 Å². The maximum Gasteiger partial charge on any atom is 0.171 e. The molecule has 0 bridgehead atoms. The van der Waals surface area contributed by atoms with Crippen LogP contribution in [0.25, 0.3) is 5.82 Å². The van der Waals surface area contributed by atoms with Gasteiger partial charge in [0.15, 0.2) is 5.82 Å². The van der Waals surface area contributed by atoms with Gasteiger partial charge in [0.05, 0.1) is 0 Å². The molecule has 1 heterocycles. The fraction of sp³-hybridized carbons (Fsp3) is 0. The SMILES string of the molecule is C=C/C(=N\C(=C/N)n1cccn1)Nc1ccc(Cl)cc1. The summed E-state index contributed by atoms with van der Waals surface area (Å²) in [6, 6.07) is 9.07. The Bertz CT molecular complexity index is 626. The zero-order valence-electron chi connectivity index (χ0n) is 10.7. The van der Waals surface area contributed by atoms with Gasteiger partial charge >= 0.3 is 0 Å². The van der Waals surface area contributed by atoms with Crippen LogP contribution in [0.2, 0.25) is 5.02 Å². The van der Waals surface area contributed by atoms with Gasteiger partial charge in [-0.15, -0.1) is 0 Å². The van der Waals surface area contributed by atoms with Crippen LogP contribution >= 0.6 is 11.6 Å². The number of benzene rings is 1. The Morgan fingerprint density at radius 2 is 2.15 bits per heavy atom. The quantitative estimate of drug-likeness (QED) is 0.671. The van der Waals surface area contributed by atoms with Gasteiger partial charge in [0.2, 0.25) is 0 Å². The van der Waals surface area contributed by atoms with E-state index in [-0.39, 0.29) is 0 Å². The number of nitrogens with zero attached hydrogens (tertiary/aromatic N) is 3. The van der Waals surface area contributed by atoms with Crippen molar-refractivity contribution >= 4 is 28.9 Å². The Morgan fingerprint density at radius 1 is 1.40 bits per heavy atom. The van der Waals surface area contributed by atoms with E-state index in [1.165, 1.54) is 6.20 Å². The average Bonchev–Trinajstić information content (AvgIpc) is 2.99. The Hall–Kier alpha value is -2.53. The molecule has 20 heavy (non-hydrogen) atoms. The first-order valence-electron chi connectivity index (χ1n) is 5.88. The third-order valence-corrected chi connectivity index (χ3v) is 2.69. The molecule has 0 aliphatic heterocycles. The lowest BCUT2D eigenvalue weighted by atomic mass is 10.3. The lowest BCUT2D eigenvalue weighted by molar-refractivity contribution is 0.884. The predicted octanol–water partition coefficient (Wildman–Crippen LogP) is 2.95. The lowest BCUT2D eigenvalue weighted by Gasteiger charge is -2.08. The summed E-state index contributed by atoms with van der Waals surface area (Å²) in [5.41, 5.74) is 6.42. The topological polar surface area (TPSA) is 68.2 Å². The van der Waals surface area contributed by atoms with Crippen LogP contribution in [0.5, 0.6) is 0 Å². The van der Waals surface area contributed by atoms with Crippen molar-refractivity contribution in [1.82, 2.24) is 9.78 Å². The molecule has 0 saturated carbocycles. The van der Waals surface area contributed by atoms with Crippen LogP contribution in [0.4, 0.5) is 5.69 Å². The maximum absolute atomic E-state index is 5.84. The predicted molar refractivity (Wildman–Crippen MR) is 83.4 cm³/mol. The second-order valence-electron chi connectivity index (χ2n) is 3.81. The Labute approximate surface area is 122 Å². The molecule has 5 nitrogen and oxygen atoms in total. The number of anilines is 1. The van der Waals surface area contributed by atoms with Gasteiger partial charge in [-0.2, -0.15) is 5.10 Å². The number of hydrogen-bond donors (Lipinski definition) is 2. The number of hydrogen-bond acceptors (Lipinski definition) is 3. The highest BCUT2D eigenvalue weighted by atomic mass is 35.5. The summed E-state index contributed by atoms with van der Waals surface area (Å²) < 4.78 is 1.56. The average molecular weight is 288 g/mol. The molecule has 2 rings (SSSR count). The Kier molecular flexibility index (Phi) is 4.57. The van der Waals surface area contributed by atoms with Gasteiger partial charge in [0, 0.05) is 29.3 Å². The van der Waals surface area contributed by atoms with Crippen molar-refractivity contribution in [2.75, 3.05) is 5.32 Å². The molecule has 1 aromatic heterocycles. The molecule has 102 valence electrons. The number of aromatic nitrogens is 2. The molecule has 3 N–H and O–H groups in total. The number of rotatable bonds is 4. The zero-order chi connectivity index (χ0) is 14.4. The monoisotopic (exact) mass is 287 g/mol. The lowest BCUT2D eigenvalue weighted by Crippen LogP contribution is -2.10. The van der Waals surface area contributed by atoms with Crippen LogP contribution in [0, 0.1) is 0 Å². The summed E-state index contributed by atoms with van der Waals surface area (Å²) >= 11 is 5.84. The van der Waals surface area contributed by atoms with Gasteiger partial charge < -0.3 is 11.1 Å². The number of nitrogens with two attached hydrogens (primary N) is 1. The number of aliphatic imine (C=N–C) groups is 1. The normalized spacial score (nSPS) is 12.2. The van der Waals surface area contributed by atoms with Crippen LogP contribution in [0.3, 0.4) is 0 Å². The van der Waals surface area contributed by atoms with E-state index in [1.807, 2.05) is 12.1 Å². The van der Waals surface area contributed by atoms with Crippen LogP contribution in [-0.4, -0.2) is 15.6 Å². The highest BCUT2D eigenvalue weighted by molar-refractivity contribution is 6.30. The molecule has 0 unspecified atom stereocenters. The molecule has 0 fully saturated rings. The maximum atomic E-state index is 5.84. The molecule has 0 aliphatic carbocycles. The van der Waals surface area contributed by atoms with Crippen LogP contribution in [-0.2, 0) is 0 Å². The van der Waals surface area contributed by atoms with E-state index in [0.717, 1.165) is 5.69 Å². The van der Waals surface area contributed by atoms with Gasteiger partial charge in [0.25, 0.3) is 0 Å². The van der Waals surface area contributed by atoms with E-state index in [9.17, 15) is 0 Å². The first kappa shape index (κ1) is 13.9. The van der Waals surface area contributed by atoms with Gasteiger partial charge in [-0.05, 0) is 36.4 Å². The van der Waals surface area contributed by atoms with Gasteiger partial charge in [-0.1, -0.05) is 18.2 Å². The van der Waals surface area contributed by atoms with Crippen LogP contribution < -0.4 is 11.1 Å². The molecule has 1 aromatic carbocycles. The van der Waals surface area contributed by atoms with Gasteiger partial charge in [0.1, 0.15) is 5.84 Å². The molecule has 0 saturated heterocycles. The third-order valence-electron chi connectivity index (χ3n) is 2.43. The largest absolute Gasteiger partial charge is 0.402 e. The van der Waals surface area contributed by atoms with E-state index >= 15 is 0 Å². The standard InChI is InChI=1S/C14H14ClN5/c1-2-13(18-12-6-4-11(15)5-7-12)19-14(10-16)20-9-3-8-17-20/h2-10H,1,16H2,(H,18,19)/b14-10+. The molecule has 2 aromatic rings. The minimum atomic E-state index is 0.492. The highest BCUT2D eigenvalue weighted by Gasteiger charge is 2.01. The van der Waals surface area contributed by atoms with Gasteiger partial charge in [-0.3, -0.25) is 0 Å². The molecular formula is C14H14ClN5. The molecule has 0 aliphatic rings. The third kappa shape index (κ3) is 3.49. The van der Waals surface area contributed by atoms with Crippen molar-refractivity contribution in [1.29, 1.82) is 0 Å². The fourth-order valence-corrected chi connectivity index (χ4v) is 1.62. The molecule has 0 atom stereocenters. The van der Waals surface area contributed by atoms with Crippen molar-refractivity contribution in [2.24, 2.45) is 10.7 Å². The summed E-state index contributed by atoms with van der Waals surface area (Å²) in [6.45, 7) is 3.73. The van der Waals surface area contributed by atoms with E-state index in [4.69, 9.17) is 17.3 Å². The van der Waals surface area contributed by atoms with E-state index in [1.54, 1.807) is 41.4 Å². The molecule has 0 radical (unpaired) electrons. The van der Waals surface area contributed by atoms with Crippen molar-refractivity contribution in [3.8, 4) is 0 Å². The van der Waals surface area contributed by atoms with Gasteiger partial charge in [-0.25, -0.2) is 9.67 Å². The first-order valence-corrected chi connectivity index (χ1v) is 6.26. The summed E-state index contributed by atoms with van der Waals surface area (Å²) in [7, 11) is 0. The first-order chi connectivity index (χ1) is 9.72. The summed E-state index contributed by atoms with van der Waals surface area (Å²) in [4.78, 5) is 4.36. The summed E-state index contributed by atoms with van der Waals surface area (Å²) in [6.07, 6.45) is 6.38. The second-order valence-corrected chi connectivity index (χ2v) is 4.24. The second kappa shape index (κ2) is 6.58. The van der Waals surface area contributed by atoms with Crippen molar-refractivity contribution in [3.63, 3.8) is 0 Å². The Morgan fingerprint density at radius 3 is 2.70 bits per heavy atom. The molecule has 6 heteroatoms. The van der Waals surface area contributed by atoms with Crippen molar-refractivity contribution < 1.29 is 0 Å². The minimum absolute atomic E-state index is 0.492. The summed E-state index contributed by atoms with van der Waals surface area (Å²) in [5, 5.41) is 7.87. The fourth-order valence-electron chi connectivity index (χ4n) is 1.50. The minimum Gasteiger partial charge on any atom is -0.402 e. The highest BCUT2D eigenvalue weighted by Crippen LogP contribution is 2.14. The van der Waals surface area contributed by atoms with E-state index in [2.05, 4.69) is 22.0 Å². The van der Waals surface area contributed by atoms with Crippen LogP contribution in [0.15, 0.2) is 66.6 Å².